The van der Waals surface area contributed by atoms with Crippen LogP contribution in [0.1, 0.15) is 18.9 Å². The molecule has 0 aliphatic heterocycles. The molecule has 186 valence electrons. The Hall–Kier alpha value is -2.70. The Morgan fingerprint density at radius 1 is 1.09 bits per heavy atom. The predicted molar refractivity (Wildman–Crippen MR) is 136 cm³/mol. The molecule has 0 saturated heterocycles. The van der Waals surface area contributed by atoms with Gasteiger partial charge in [-0.3, -0.25) is 19.2 Å². The minimum Gasteiger partial charge on any atom is -0.480 e. The van der Waals surface area contributed by atoms with Crippen LogP contribution in [0.25, 0.3) is 10.9 Å². The third kappa shape index (κ3) is 7.67. The van der Waals surface area contributed by atoms with Gasteiger partial charge in [0.25, 0.3) is 0 Å². The number of benzene rings is 1. The summed E-state index contributed by atoms with van der Waals surface area (Å²) in [5, 5.41) is 17.7. The third-order valence-electron chi connectivity index (χ3n) is 5.24. The number of thioether (sulfide) groups is 1. The first-order chi connectivity index (χ1) is 16.2. The number of carboxylic acids is 1. The number of thiol groups is 1. The van der Waals surface area contributed by atoms with Crippen LogP contribution in [-0.2, 0) is 25.6 Å². The van der Waals surface area contributed by atoms with E-state index < -0.39 is 47.9 Å². The zero-order chi connectivity index (χ0) is 25.3. The number of aromatic nitrogens is 1. The molecule has 10 nitrogen and oxygen atoms in total. The Balaban J connectivity index is 2.25. The van der Waals surface area contributed by atoms with Crippen LogP contribution in [0.4, 0.5) is 0 Å². The molecule has 0 saturated carbocycles. The number of fused-ring (bicyclic) bond motifs is 1. The van der Waals surface area contributed by atoms with Crippen molar-refractivity contribution in [3.8, 4) is 0 Å². The molecule has 3 amide bonds. The molecule has 12 heteroatoms. The first kappa shape index (κ1) is 27.5. The van der Waals surface area contributed by atoms with Crippen LogP contribution in [0.5, 0.6) is 0 Å². The highest BCUT2D eigenvalue weighted by Gasteiger charge is 2.29. The van der Waals surface area contributed by atoms with E-state index in [1.807, 2.05) is 30.5 Å². The van der Waals surface area contributed by atoms with Crippen molar-refractivity contribution in [3.05, 3.63) is 36.0 Å². The highest BCUT2D eigenvalue weighted by Crippen LogP contribution is 2.19. The summed E-state index contributed by atoms with van der Waals surface area (Å²) < 4.78 is 0. The van der Waals surface area contributed by atoms with Gasteiger partial charge in [0.05, 0.1) is 6.04 Å². The van der Waals surface area contributed by atoms with Crippen LogP contribution in [0, 0.1) is 0 Å². The molecule has 1 aromatic heterocycles. The van der Waals surface area contributed by atoms with Gasteiger partial charge in [0, 0.05) is 29.3 Å². The second-order valence-corrected chi connectivity index (χ2v) is 9.18. The number of rotatable bonds is 13. The van der Waals surface area contributed by atoms with Crippen molar-refractivity contribution >= 4 is 59.0 Å². The number of carboxylic acid groups (broad SMARTS) is 1. The maximum Gasteiger partial charge on any atom is 0.325 e. The average molecular weight is 510 g/mol. The summed E-state index contributed by atoms with van der Waals surface area (Å²) in [4.78, 5) is 52.7. The maximum atomic E-state index is 13.3. The second kappa shape index (κ2) is 13.3. The summed E-state index contributed by atoms with van der Waals surface area (Å²) in [5.41, 5.74) is 7.47. The molecule has 4 atom stereocenters. The number of para-hydroxylation sites is 1. The van der Waals surface area contributed by atoms with Gasteiger partial charge in [-0.15, -0.1) is 0 Å². The largest absolute Gasteiger partial charge is 0.480 e. The van der Waals surface area contributed by atoms with Crippen molar-refractivity contribution < 1.29 is 24.3 Å². The molecule has 2 rings (SSSR count). The number of amides is 3. The maximum absolute atomic E-state index is 13.3. The van der Waals surface area contributed by atoms with Crippen LogP contribution in [0.2, 0.25) is 0 Å². The lowest BCUT2D eigenvalue weighted by atomic mass is 10.0. The van der Waals surface area contributed by atoms with Crippen molar-refractivity contribution in [2.45, 2.75) is 43.9 Å². The van der Waals surface area contributed by atoms with Gasteiger partial charge in [-0.2, -0.15) is 24.4 Å². The lowest BCUT2D eigenvalue weighted by Gasteiger charge is -2.24. The summed E-state index contributed by atoms with van der Waals surface area (Å²) in [6, 6.07) is 3.55. The normalized spacial score (nSPS) is 14.6. The molecule has 4 unspecified atom stereocenters. The Morgan fingerprint density at radius 2 is 1.74 bits per heavy atom. The number of nitrogens with two attached hydrogens (primary N) is 1. The third-order valence-corrected chi connectivity index (χ3v) is 6.28. The van der Waals surface area contributed by atoms with Gasteiger partial charge in [0.2, 0.25) is 17.7 Å². The fourth-order valence-corrected chi connectivity index (χ4v) is 3.88. The van der Waals surface area contributed by atoms with Gasteiger partial charge in [-0.25, -0.2) is 0 Å². The molecule has 0 aliphatic carbocycles. The van der Waals surface area contributed by atoms with E-state index in [4.69, 9.17) is 10.8 Å². The van der Waals surface area contributed by atoms with Gasteiger partial charge in [0.1, 0.15) is 18.1 Å². The van der Waals surface area contributed by atoms with Gasteiger partial charge >= 0.3 is 5.97 Å². The van der Waals surface area contributed by atoms with Gasteiger partial charge in [0.15, 0.2) is 0 Å². The molecule has 2 aromatic rings. The number of hydrogen-bond acceptors (Lipinski definition) is 7. The summed E-state index contributed by atoms with van der Waals surface area (Å²) in [6.07, 6.45) is 4.07. The molecule has 1 aromatic carbocycles. The number of carbonyl (C=O) groups excluding carboxylic acids is 3. The first-order valence-electron chi connectivity index (χ1n) is 10.7. The number of hydrogen-bond donors (Lipinski definition) is 7. The minimum absolute atomic E-state index is 0.0963. The Bertz CT molecular complexity index is 1010. The Labute approximate surface area is 207 Å². The van der Waals surface area contributed by atoms with Crippen LogP contribution in [0.3, 0.4) is 0 Å². The van der Waals surface area contributed by atoms with E-state index in [2.05, 4.69) is 33.6 Å². The monoisotopic (exact) mass is 509 g/mol. The molecule has 1 heterocycles. The van der Waals surface area contributed by atoms with Crippen molar-refractivity contribution in [1.29, 1.82) is 0 Å². The van der Waals surface area contributed by atoms with E-state index in [1.54, 1.807) is 6.20 Å². The SMILES string of the molecule is CSCCC(NC(=O)C(Cc1c[nH]c2ccccc12)NC(=O)C(N)CS)C(=O)NC(C)C(=O)O. The quantitative estimate of drug-likeness (QED) is 0.190. The summed E-state index contributed by atoms with van der Waals surface area (Å²) in [6.45, 7) is 1.34. The van der Waals surface area contributed by atoms with Crippen LogP contribution >= 0.6 is 24.4 Å². The molecule has 0 bridgehead atoms. The number of carbonyl (C=O) groups is 4. The zero-order valence-electron chi connectivity index (χ0n) is 19.0. The summed E-state index contributed by atoms with van der Waals surface area (Å²) >= 11 is 5.53. The lowest BCUT2D eigenvalue weighted by molar-refractivity contribution is -0.141. The Kier molecular flexibility index (Phi) is 10.7. The molecule has 0 radical (unpaired) electrons. The van der Waals surface area contributed by atoms with E-state index in [-0.39, 0.29) is 18.6 Å². The predicted octanol–water partition coefficient (Wildman–Crippen LogP) is 0.280. The lowest BCUT2D eigenvalue weighted by Crippen LogP contribution is -2.57. The summed E-state index contributed by atoms with van der Waals surface area (Å²) in [5.74, 6) is -2.26. The van der Waals surface area contributed by atoms with E-state index in [1.165, 1.54) is 18.7 Å². The molecule has 34 heavy (non-hydrogen) atoms. The van der Waals surface area contributed by atoms with Crippen LogP contribution in [0.15, 0.2) is 30.5 Å². The number of H-pyrrole nitrogens is 1. The summed E-state index contributed by atoms with van der Waals surface area (Å²) in [7, 11) is 0. The molecule has 0 fully saturated rings. The molecular weight excluding hydrogens is 478 g/mol. The molecule has 0 aliphatic rings. The molecule has 7 N–H and O–H groups in total. The van der Waals surface area contributed by atoms with Crippen molar-refractivity contribution in [3.63, 3.8) is 0 Å². The highest BCUT2D eigenvalue weighted by molar-refractivity contribution is 7.98. The fraction of sp³-hybridized carbons (Fsp3) is 0.455. The standard InChI is InChI=1S/C22H31N5O5S2/c1-12(22(31)32)25-20(29)17(7-8-34-2)26-21(30)18(27-19(28)15(23)11-33)9-13-10-24-16-6-4-3-5-14(13)16/h3-6,10,12,15,17-18,24,33H,7-9,11,23H2,1-2H3,(H,25,29)(H,26,30)(H,27,28)(H,31,32). The number of aromatic amines is 1. The fourth-order valence-electron chi connectivity index (χ4n) is 3.24. The Morgan fingerprint density at radius 3 is 2.38 bits per heavy atom. The molecule has 0 spiro atoms. The van der Waals surface area contributed by atoms with E-state index in [0.717, 1.165) is 16.5 Å². The van der Waals surface area contributed by atoms with Gasteiger partial charge in [-0.05, 0) is 37.0 Å². The highest BCUT2D eigenvalue weighted by atomic mass is 32.2. The van der Waals surface area contributed by atoms with Crippen molar-refractivity contribution in [2.24, 2.45) is 5.73 Å². The van der Waals surface area contributed by atoms with E-state index in [9.17, 15) is 19.2 Å². The van der Waals surface area contributed by atoms with Gasteiger partial charge in [-0.1, -0.05) is 18.2 Å². The minimum atomic E-state index is -1.19. The van der Waals surface area contributed by atoms with Crippen LogP contribution < -0.4 is 21.7 Å². The second-order valence-electron chi connectivity index (χ2n) is 7.83. The zero-order valence-corrected chi connectivity index (χ0v) is 20.7. The molecular formula is C22H31N5O5S2. The number of nitrogens with one attached hydrogen (secondary N) is 4. The van der Waals surface area contributed by atoms with E-state index >= 15 is 0 Å². The van der Waals surface area contributed by atoms with Crippen LogP contribution in [-0.4, -0.2) is 75.7 Å². The topological polar surface area (TPSA) is 166 Å². The first-order valence-corrected chi connectivity index (χ1v) is 12.7. The van der Waals surface area contributed by atoms with Gasteiger partial charge < -0.3 is 31.8 Å². The van der Waals surface area contributed by atoms with Crippen molar-refractivity contribution in [1.82, 2.24) is 20.9 Å². The van der Waals surface area contributed by atoms with Crippen molar-refractivity contribution in [2.75, 3.05) is 17.8 Å². The average Bonchev–Trinajstić information content (AvgIpc) is 3.23. The number of aliphatic carboxylic acids is 1. The smallest absolute Gasteiger partial charge is 0.325 e. The van der Waals surface area contributed by atoms with E-state index in [0.29, 0.717) is 5.75 Å².